The number of halogens is 1. The van der Waals surface area contributed by atoms with Gasteiger partial charge in [-0.3, -0.25) is 9.36 Å². The van der Waals surface area contributed by atoms with E-state index >= 15 is 0 Å². The summed E-state index contributed by atoms with van der Waals surface area (Å²) in [6, 6.07) is 19.0. The minimum absolute atomic E-state index is 0.0285. The van der Waals surface area contributed by atoms with Crippen molar-refractivity contribution in [3.63, 3.8) is 0 Å². The van der Waals surface area contributed by atoms with Crippen LogP contribution in [0.3, 0.4) is 0 Å². The lowest BCUT2D eigenvalue weighted by Gasteiger charge is -2.15. The third-order valence-electron chi connectivity index (χ3n) is 5.15. The standard InChI is InChI=1S/C26H24FN5O4S/c1-34-21-13-18(14-22(35-2)24(21)36-3)25-30-31-26(32(25)20-10-5-4-6-11-20)37-16-23(33)29-28-15-17-8-7-9-19(27)12-17/h4-15H,16H2,1-3H3,(H,29,33). The van der Waals surface area contributed by atoms with Crippen LogP contribution in [0.25, 0.3) is 17.1 Å². The van der Waals surface area contributed by atoms with Crippen LogP contribution in [0.4, 0.5) is 4.39 Å². The average molecular weight is 522 g/mol. The first kappa shape index (κ1) is 25.7. The minimum atomic E-state index is -0.381. The van der Waals surface area contributed by atoms with E-state index < -0.39 is 0 Å². The summed E-state index contributed by atoms with van der Waals surface area (Å²) in [6.45, 7) is 0. The number of thioether (sulfide) groups is 1. The molecule has 11 heteroatoms. The van der Waals surface area contributed by atoms with Crippen molar-refractivity contribution in [2.24, 2.45) is 5.10 Å². The number of ether oxygens (including phenoxy) is 3. The van der Waals surface area contributed by atoms with Gasteiger partial charge in [0.05, 0.1) is 33.3 Å². The highest BCUT2D eigenvalue weighted by Gasteiger charge is 2.21. The zero-order valence-electron chi connectivity index (χ0n) is 20.3. The van der Waals surface area contributed by atoms with Gasteiger partial charge in [-0.05, 0) is 42.0 Å². The van der Waals surface area contributed by atoms with E-state index in [9.17, 15) is 9.18 Å². The van der Waals surface area contributed by atoms with Crippen molar-refractivity contribution >= 4 is 23.9 Å². The van der Waals surface area contributed by atoms with Crippen molar-refractivity contribution < 1.29 is 23.4 Å². The molecule has 0 saturated carbocycles. The number of rotatable bonds is 10. The van der Waals surface area contributed by atoms with Crippen molar-refractivity contribution in [3.8, 4) is 34.3 Å². The highest BCUT2D eigenvalue weighted by Crippen LogP contribution is 2.41. The summed E-state index contributed by atoms with van der Waals surface area (Å²) in [4.78, 5) is 12.4. The summed E-state index contributed by atoms with van der Waals surface area (Å²) in [5, 5.41) is 13.1. The number of hydrogen-bond acceptors (Lipinski definition) is 8. The molecule has 0 aliphatic rings. The predicted octanol–water partition coefficient (Wildman–Crippen LogP) is 4.34. The molecular weight excluding hydrogens is 497 g/mol. The smallest absolute Gasteiger partial charge is 0.250 e. The molecule has 0 radical (unpaired) electrons. The molecule has 0 fully saturated rings. The Labute approximate surface area is 217 Å². The summed E-state index contributed by atoms with van der Waals surface area (Å²) < 4.78 is 31.6. The molecule has 1 heterocycles. The first-order chi connectivity index (χ1) is 18.0. The Morgan fingerprint density at radius 2 is 1.73 bits per heavy atom. The molecule has 4 aromatic rings. The molecule has 0 aliphatic carbocycles. The van der Waals surface area contributed by atoms with Gasteiger partial charge in [-0.25, -0.2) is 9.82 Å². The summed E-state index contributed by atoms with van der Waals surface area (Å²) >= 11 is 1.20. The summed E-state index contributed by atoms with van der Waals surface area (Å²) in [5.41, 5.74) is 4.47. The zero-order valence-corrected chi connectivity index (χ0v) is 21.2. The van der Waals surface area contributed by atoms with E-state index in [4.69, 9.17) is 14.2 Å². The monoisotopic (exact) mass is 521 g/mol. The number of carbonyl (C=O) groups excluding carboxylic acids is 1. The maximum atomic E-state index is 13.3. The van der Waals surface area contributed by atoms with Crippen LogP contribution in [0.15, 0.2) is 77.0 Å². The molecule has 1 amide bonds. The van der Waals surface area contributed by atoms with Crippen LogP contribution in [0.2, 0.25) is 0 Å². The van der Waals surface area contributed by atoms with Crippen LogP contribution in [0, 0.1) is 5.82 Å². The second-order valence-electron chi connectivity index (χ2n) is 7.53. The maximum absolute atomic E-state index is 13.3. The van der Waals surface area contributed by atoms with Crippen molar-refractivity contribution in [1.82, 2.24) is 20.2 Å². The average Bonchev–Trinajstić information content (AvgIpc) is 3.35. The van der Waals surface area contributed by atoms with Gasteiger partial charge in [-0.15, -0.1) is 10.2 Å². The first-order valence-corrected chi connectivity index (χ1v) is 12.0. The Morgan fingerprint density at radius 1 is 1.00 bits per heavy atom. The van der Waals surface area contributed by atoms with Gasteiger partial charge in [-0.1, -0.05) is 42.1 Å². The number of amides is 1. The highest BCUT2D eigenvalue weighted by atomic mass is 32.2. The molecule has 0 atom stereocenters. The number of carbonyl (C=O) groups is 1. The number of nitrogens with zero attached hydrogens (tertiary/aromatic N) is 4. The molecule has 9 nitrogen and oxygen atoms in total. The fraction of sp³-hybridized carbons (Fsp3) is 0.154. The summed E-state index contributed by atoms with van der Waals surface area (Å²) in [5.74, 6) is 1.24. The van der Waals surface area contributed by atoms with Gasteiger partial charge in [-0.2, -0.15) is 5.10 Å². The van der Waals surface area contributed by atoms with E-state index in [1.54, 1.807) is 38.5 Å². The molecular formula is C26H24FN5O4S. The van der Waals surface area contributed by atoms with Crippen LogP contribution in [-0.2, 0) is 4.79 Å². The van der Waals surface area contributed by atoms with E-state index in [0.717, 1.165) is 5.69 Å². The van der Waals surface area contributed by atoms with E-state index in [1.807, 2.05) is 34.9 Å². The molecule has 1 N–H and O–H groups in total. The molecule has 0 saturated heterocycles. The lowest BCUT2D eigenvalue weighted by Crippen LogP contribution is -2.20. The molecule has 0 spiro atoms. The Kier molecular flexibility index (Phi) is 8.37. The molecule has 0 unspecified atom stereocenters. The topological polar surface area (TPSA) is 99.9 Å². The van der Waals surface area contributed by atoms with Crippen LogP contribution < -0.4 is 19.6 Å². The van der Waals surface area contributed by atoms with Gasteiger partial charge in [0, 0.05) is 11.3 Å². The van der Waals surface area contributed by atoms with E-state index in [2.05, 4.69) is 20.7 Å². The van der Waals surface area contributed by atoms with E-state index in [0.29, 0.717) is 39.4 Å². The quantitative estimate of drug-likeness (QED) is 0.188. The van der Waals surface area contributed by atoms with Crippen molar-refractivity contribution in [2.45, 2.75) is 5.16 Å². The number of nitrogens with one attached hydrogen (secondary N) is 1. The largest absolute Gasteiger partial charge is 0.493 e. The number of hydrazone groups is 1. The van der Waals surface area contributed by atoms with Gasteiger partial charge in [0.1, 0.15) is 5.82 Å². The van der Waals surface area contributed by atoms with Crippen molar-refractivity contribution in [3.05, 3.63) is 78.1 Å². The Bertz CT molecular complexity index is 1390. The van der Waals surface area contributed by atoms with Crippen molar-refractivity contribution in [1.29, 1.82) is 0 Å². The molecule has 190 valence electrons. The Hall–Kier alpha value is -4.38. The Morgan fingerprint density at radius 3 is 2.38 bits per heavy atom. The van der Waals surface area contributed by atoms with Crippen LogP contribution in [0.1, 0.15) is 5.56 Å². The molecule has 1 aromatic heterocycles. The normalized spacial score (nSPS) is 10.9. The number of methoxy groups -OCH3 is 3. The lowest BCUT2D eigenvalue weighted by molar-refractivity contribution is -0.118. The van der Waals surface area contributed by atoms with Crippen LogP contribution in [0.5, 0.6) is 17.2 Å². The molecule has 3 aromatic carbocycles. The highest BCUT2D eigenvalue weighted by molar-refractivity contribution is 7.99. The lowest BCUT2D eigenvalue weighted by atomic mass is 10.1. The minimum Gasteiger partial charge on any atom is -0.493 e. The van der Waals surface area contributed by atoms with E-state index in [1.165, 1.54) is 37.2 Å². The third kappa shape index (κ3) is 6.07. The van der Waals surface area contributed by atoms with E-state index in [-0.39, 0.29) is 17.5 Å². The molecule has 4 rings (SSSR count). The van der Waals surface area contributed by atoms with Gasteiger partial charge < -0.3 is 14.2 Å². The molecule has 0 bridgehead atoms. The van der Waals surface area contributed by atoms with Crippen molar-refractivity contribution in [2.75, 3.05) is 27.1 Å². The third-order valence-corrected chi connectivity index (χ3v) is 6.08. The SMILES string of the molecule is COc1cc(-c2nnc(SCC(=O)NN=Cc3cccc(F)c3)n2-c2ccccc2)cc(OC)c1OC. The fourth-order valence-corrected chi connectivity index (χ4v) is 4.24. The molecule has 0 aliphatic heterocycles. The van der Waals surface area contributed by atoms with Crippen LogP contribution in [-0.4, -0.2) is 54.0 Å². The van der Waals surface area contributed by atoms with Gasteiger partial charge >= 0.3 is 0 Å². The maximum Gasteiger partial charge on any atom is 0.250 e. The number of para-hydroxylation sites is 1. The zero-order chi connectivity index (χ0) is 26.2. The summed E-state index contributed by atoms with van der Waals surface area (Å²) in [7, 11) is 4.62. The van der Waals surface area contributed by atoms with Crippen LogP contribution >= 0.6 is 11.8 Å². The van der Waals surface area contributed by atoms with Gasteiger partial charge in [0.15, 0.2) is 22.5 Å². The second-order valence-corrected chi connectivity index (χ2v) is 8.47. The predicted molar refractivity (Wildman–Crippen MR) is 139 cm³/mol. The number of benzene rings is 3. The van der Waals surface area contributed by atoms with Gasteiger partial charge in [0.2, 0.25) is 5.75 Å². The number of hydrogen-bond donors (Lipinski definition) is 1. The first-order valence-electron chi connectivity index (χ1n) is 11.1. The van der Waals surface area contributed by atoms with Gasteiger partial charge in [0.25, 0.3) is 5.91 Å². The second kappa shape index (κ2) is 12.0. The summed E-state index contributed by atoms with van der Waals surface area (Å²) in [6.07, 6.45) is 1.38. The number of aromatic nitrogens is 3. The fourth-order valence-electron chi connectivity index (χ4n) is 3.50. The molecule has 37 heavy (non-hydrogen) atoms. The Balaban J connectivity index is 1.59.